The highest BCUT2D eigenvalue weighted by molar-refractivity contribution is 9.10. The lowest BCUT2D eigenvalue weighted by Gasteiger charge is -2.29. The number of hydrogen-bond donors (Lipinski definition) is 1. The first-order valence-corrected chi connectivity index (χ1v) is 8.21. The van der Waals surface area contributed by atoms with E-state index in [1.54, 1.807) is 0 Å². The Kier molecular flexibility index (Phi) is 3.72. The van der Waals surface area contributed by atoms with E-state index in [0.717, 1.165) is 10.2 Å². The average Bonchev–Trinajstić information content (AvgIpc) is 2.85. The van der Waals surface area contributed by atoms with E-state index in [0.29, 0.717) is 17.8 Å². The molecule has 0 spiro atoms. The van der Waals surface area contributed by atoms with Crippen LogP contribution in [0.4, 0.5) is 0 Å². The molecule has 0 radical (unpaired) electrons. The van der Waals surface area contributed by atoms with Gasteiger partial charge in [-0.25, -0.2) is 0 Å². The molecule has 106 valence electrons. The van der Waals surface area contributed by atoms with Crippen LogP contribution in [-0.4, -0.2) is 10.2 Å². The van der Waals surface area contributed by atoms with E-state index in [9.17, 15) is 0 Å². The molecule has 0 amide bonds. The highest BCUT2D eigenvalue weighted by atomic mass is 79.9. The van der Waals surface area contributed by atoms with E-state index in [2.05, 4.69) is 71.2 Å². The molecule has 2 aromatic rings. The molecule has 2 nitrogen and oxygen atoms in total. The standard InChI is InChI=1S/C17H21BrN2/c1-10(2)14-9-4-11(3)15-16(19-20-17(14)15)12-5-7-13(18)8-6-12/h5-8,10-11,14H,4,9H2,1-3H3,(H,19,20)/t11-,14-/m1/s1. The van der Waals surface area contributed by atoms with Crippen molar-refractivity contribution >= 4 is 15.9 Å². The molecule has 0 aliphatic heterocycles. The van der Waals surface area contributed by atoms with Gasteiger partial charge in [-0.2, -0.15) is 5.10 Å². The second-order valence-corrected chi connectivity index (χ2v) is 7.15. The summed E-state index contributed by atoms with van der Waals surface area (Å²) < 4.78 is 1.11. The van der Waals surface area contributed by atoms with Gasteiger partial charge in [0.1, 0.15) is 0 Å². The van der Waals surface area contributed by atoms with Crippen molar-refractivity contribution in [1.82, 2.24) is 10.2 Å². The first-order valence-electron chi connectivity index (χ1n) is 7.42. The number of nitrogens with zero attached hydrogens (tertiary/aromatic N) is 1. The molecule has 1 aliphatic rings. The summed E-state index contributed by atoms with van der Waals surface area (Å²) in [7, 11) is 0. The van der Waals surface area contributed by atoms with Crippen LogP contribution in [0, 0.1) is 5.92 Å². The van der Waals surface area contributed by atoms with Gasteiger partial charge < -0.3 is 0 Å². The van der Waals surface area contributed by atoms with E-state index in [-0.39, 0.29) is 0 Å². The second kappa shape index (κ2) is 5.36. The van der Waals surface area contributed by atoms with Gasteiger partial charge in [0.15, 0.2) is 0 Å². The monoisotopic (exact) mass is 332 g/mol. The molecule has 1 aromatic heterocycles. The molecule has 0 fully saturated rings. The van der Waals surface area contributed by atoms with Gasteiger partial charge in [-0.1, -0.05) is 48.8 Å². The van der Waals surface area contributed by atoms with Crippen LogP contribution in [0.1, 0.15) is 56.7 Å². The molecule has 0 saturated carbocycles. The SMILES string of the molecule is CC(C)[C@H]1CC[C@@H](C)c2c(-c3ccc(Br)cc3)n[nH]c21. The van der Waals surface area contributed by atoms with Crippen LogP contribution < -0.4 is 0 Å². The fourth-order valence-corrected chi connectivity index (χ4v) is 3.62. The van der Waals surface area contributed by atoms with Crippen LogP contribution in [0.3, 0.4) is 0 Å². The number of hydrogen-bond acceptors (Lipinski definition) is 1. The number of fused-ring (bicyclic) bond motifs is 1. The topological polar surface area (TPSA) is 28.7 Å². The van der Waals surface area contributed by atoms with E-state index in [1.807, 2.05) is 0 Å². The Morgan fingerprint density at radius 1 is 1.20 bits per heavy atom. The molecule has 3 rings (SSSR count). The largest absolute Gasteiger partial charge is 0.281 e. The van der Waals surface area contributed by atoms with Crippen LogP contribution in [0.25, 0.3) is 11.3 Å². The minimum atomic E-state index is 0.595. The second-order valence-electron chi connectivity index (χ2n) is 6.24. The summed E-state index contributed by atoms with van der Waals surface area (Å²) in [6, 6.07) is 8.46. The van der Waals surface area contributed by atoms with Crippen molar-refractivity contribution in [1.29, 1.82) is 0 Å². The van der Waals surface area contributed by atoms with E-state index < -0.39 is 0 Å². The smallest absolute Gasteiger partial charge is 0.0958 e. The zero-order valence-electron chi connectivity index (χ0n) is 12.3. The Labute approximate surface area is 129 Å². The van der Waals surface area contributed by atoms with Crippen LogP contribution in [0.2, 0.25) is 0 Å². The molecule has 20 heavy (non-hydrogen) atoms. The predicted molar refractivity (Wildman–Crippen MR) is 87.0 cm³/mol. The molecular formula is C17H21BrN2. The van der Waals surface area contributed by atoms with Crippen molar-refractivity contribution in [2.75, 3.05) is 0 Å². The van der Waals surface area contributed by atoms with Crippen molar-refractivity contribution in [2.24, 2.45) is 5.92 Å². The van der Waals surface area contributed by atoms with Gasteiger partial charge in [0.05, 0.1) is 5.69 Å². The van der Waals surface area contributed by atoms with Crippen LogP contribution in [0.5, 0.6) is 0 Å². The average molecular weight is 333 g/mol. The number of H-pyrrole nitrogens is 1. The van der Waals surface area contributed by atoms with Gasteiger partial charge >= 0.3 is 0 Å². The van der Waals surface area contributed by atoms with Crippen molar-refractivity contribution in [3.63, 3.8) is 0 Å². The zero-order chi connectivity index (χ0) is 14.3. The Morgan fingerprint density at radius 2 is 1.90 bits per heavy atom. The molecule has 0 bridgehead atoms. The van der Waals surface area contributed by atoms with Gasteiger partial charge in [-0.05, 0) is 36.8 Å². The minimum Gasteiger partial charge on any atom is -0.281 e. The molecule has 1 N–H and O–H groups in total. The summed E-state index contributed by atoms with van der Waals surface area (Å²) in [5.41, 5.74) is 5.17. The maximum Gasteiger partial charge on any atom is 0.0958 e. The number of aromatic nitrogens is 2. The highest BCUT2D eigenvalue weighted by Gasteiger charge is 2.31. The lowest BCUT2D eigenvalue weighted by atomic mass is 9.75. The van der Waals surface area contributed by atoms with E-state index in [4.69, 9.17) is 0 Å². The lowest BCUT2D eigenvalue weighted by Crippen LogP contribution is -2.16. The maximum atomic E-state index is 4.64. The van der Waals surface area contributed by atoms with E-state index >= 15 is 0 Å². The van der Waals surface area contributed by atoms with E-state index in [1.165, 1.54) is 29.7 Å². The number of aromatic amines is 1. The van der Waals surface area contributed by atoms with Gasteiger partial charge in [-0.15, -0.1) is 0 Å². The van der Waals surface area contributed by atoms with Crippen LogP contribution >= 0.6 is 15.9 Å². The van der Waals surface area contributed by atoms with Crippen molar-refractivity contribution in [2.45, 2.75) is 45.4 Å². The molecule has 0 saturated heterocycles. The van der Waals surface area contributed by atoms with Gasteiger partial charge in [-0.3, -0.25) is 5.10 Å². The Morgan fingerprint density at radius 3 is 2.55 bits per heavy atom. The quantitative estimate of drug-likeness (QED) is 0.775. The Hall–Kier alpha value is -1.09. The van der Waals surface area contributed by atoms with Crippen molar-refractivity contribution < 1.29 is 0 Å². The lowest BCUT2D eigenvalue weighted by molar-refractivity contribution is 0.403. The molecule has 3 heteroatoms. The highest BCUT2D eigenvalue weighted by Crippen LogP contribution is 2.44. The number of halogens is 1. The van der Waals surface area contributed by atoms with Crippen molar-refractivity contribution in [3.05, 3.63) is 40.0 Å². The van der Waals surface area contributed by atoms with Crippen molar-refractivity contribution in [3.8, 4) is 11.3 Å². The van der Waals surface area contributed by atoms with Crippen LogP contribution in [-0.2, 0) is 0 Å². The number of benzene rings is 1. The third kappa shape index (κ3) is 2.32. The molecule has 2 atom stereocenters. The van der Waals surface area contributed by atoms with Gasteiger partial charge in [0, 0.05) is 27.2 Å². The summed E-state index contributed by atoms with van der Waals surface area (Å²) in [6.07, 6.45) is 2.53. The molecule has 1 heterocycles. The molecule has 1 aromatic carbocycles. The Bertz CT molecular complexity index is 598. The summed E-state index contributed by atoms with van der Waals surface area (Å²) in [4.78, 5) is 0. The number of rotatable bonds is 2. The fourth-order valence-electron chi connectivity index (χ4n) is 3.36. The first-order chi connectivity index (χ1) is 9.58. The zero-order valence-corrected chi connectivity index (χ0v) is 13.9. The fraction of sp³-hybridized carbons (Fsp3) is 0.471. The van der Waals surface area contributed by atoms with Gasteiger partial charge in [0.2, 0.25) is 0 Å². The van der Waals surface area contributed by atoms with Gasteiger partial charge in [0.25, 0.3) is 0 Å². The molecular weight excluding hydrogens is 312 g/mol. The maximum absolute atomic E-state index is 4.64. The minimum absolute atomic E-state index is 0.595. The summed E-state index contributed by atoms with van der Waals surface area (Å²) >= 11 is 3.50. The third-order valence-electron chi connectivity index (χ3n) is 4.53. The predicted octanol–water partition coefficient (Wildman–Crippen LogP) is 5.48. The normalized spacial score (nSPS) is 22.1. The molecule has 1 aliphatic carbocycles. The summed E-state index contributed by atoms with van der Waals surface area (Å²) in [5, 5.41) is 7.98. The Balaban J connectivity index is 2.08. The number of nitrogens with one attached hydrogen (secondary N) is 1. The summed E-state index contributed by atoms with van der Waals surface area (Å²) in [5.74, 6) is 1.88. The third-order valence-corrected chi connectivity index (χ3v) is 5.06. The van der Waals surface area contributed by atoms with Crippen LogP contribution in [0.15, 0.2) is 28.7 Å². The summed E-state index contributed by atoms with van der Waals surface area (Å²) in [6.45, 7) is 6.95. The molecule has 0 unspecified atom stereocenters. The first kappa shape index (κ1) is 13.9.